The minimum Gasteiger partial charge on any atom is -0.497 e. The van der Waals surface area contributed by atoms with Crippen LogP contribution in [0.1, 0.15) is 42.7 Å². The fourth-order valence-corrected chi connectivity index (χ4v) is 4.90. The zero-order valence-electron chi connectivity index (χ0n) is 16.8. The van der Waals surface area contributed by atoms with Crippen LogP contribution in [0.5, 0.6) is 5.75 Å². The van der Waals surface area contributed by atoms with Crippen LogP contribution in [0.15, 0.2) is 36.7 Å². The molecule has 6 nitrogen and oxygen atoms in total. The van der Waals surface area contributed by atoms with Crippen LogP contribution in [0.2, 0.25) is 0 Å². The Morgan fingerprint density at radius 2 is 2.18 bits per heavy atom. The maximum absolute atomic E-state index is 13.1. The van der Waals surface area contributed by atoms with Gasteiger partial charge in [0.15, 0.2) is 0 Å². The number of amides is 1. The van der Waals surface area contributed by atoms with Crippen LogP contribution in [0.4, 0.5) is 0 Å². The van der Waals surface area contributed by atoms with Gasteiger partial charge in [-0.25, -0.2) is 0 Å². The van der Waals surface area contributed by atoms with Crippen LogP contribution in [0, 0.1) is 5.92 Å². The SMILES string of the molecule is COc1cccc(C2(CNC(=O)[C@H]3CNC[C@@H]3c3cnn(C)c3)CCCC2)c1. The molecule has 2 atom stereocenters. The summed E-state index contributed by atoms with van der Waals surface area (Å²) in [7, 11) is 3.62. The lowest BCUT2D eigenvalue weighted by atomic mass is 9.78. The van der Waals surface area contributed by atoms with E-state index in [1.165, 1.54) is 18.4 Å². The minimum atomic E-state index is -0.0482. The van der Waals surface area contributed by atoms with Gasteiger partial charge >= 0.3 is 0 Å². The molecule has 2 aliphatic rings. The van der Waals surface area contributed by atoms with E-state index in [9.17, 15) is 4.79 Å². The van der Waals surface area contributed by atoms with E-state index < -0.39 is 0 Å². The Labute approximate surface area is 166 Å². The largest absolute Gasteiger partial charge is 0.497 e. The molecule has 2 N–H and O–H groups in total. The van der Waals surface area contributed by atoms with Gasteiger partial charge in [0.25, 0.3) is 0 Å². The first-order chi connectivity index (χ1) is 13.6. The van der Waals surface area contributed by atoms with Crippen LogP contribution in [0.3, 0.4) is 0 Å². The number of rotatable bonds is 6. The fourth-order valence-electron chi connectivity index (χ4n) is 4.90. The predicted octanol–water partition coefficient (Wildman–Crippen LogP) is 2.36. The van der Waals surface area contributed by atoms with Crippen molar-refractivity contribution < 1.29 is 9.53 Å². The number of carbonyl (C=O) groups excluding carboxylic acids is 1. The average Bonchev–Trinajstić information content (AvgIpc) is 3.47. The molecule has 1 saturated carbocycles. The highest BCUT2D eigenvalue weighted by atomic mass is 16.5. The first-order valence-corrected chi connectivity index (χ1v) is 10.2. The lowest BCUT2D eigenvalue weighted by Crippen LogP contribution is -2.42. The van der Waals surface area contributed by atoms with Gasteiger partial charge in [-0.15, -0.1) is 0 Å². The summed E-state index contributed by atoms with van der Waals surface area (Å²) < 4.78 is 7.23. The van der Waals surface area contributed by atoms with E-state index in [4.69, 9.17) is 4.74 Å². The first kappa shape index (κ1) is 19.0. The number of carbonyl (C=O) groups is 1. The van der Waals surface area contributed by atoms with Crippen LogP contribution in [-0.4, -0.2) is 42.4 Å². The van der Waals surface area contributed by atoms with E-state index in [-0.39, 0.29) is 23.2 Å². The van der Waals surface area contributed by atoms with Crippen molar-refractivity contribution >= 4 is 5.91 Å². The van der Waals surface area contributed by atoms with Gasteiger partial charge in [0.1, 0.15) is 5.75 Å². The molecule has 4 rings (SSSR count). The molecular formula is C22H30N4O2. The Bertz CT molecular complexity index is 825. The number of aromatic nitrogens is 2. The molecule has 0 unspecified atom stereocenters. The third-order valence-electron chi connectivity index (χ3n) is 6.55. The maximum atomic E-state index is 13.1. The molecule has 2 heterocycles. The number of benzene rings is 1. The molecule has 2 aromatic rings. The highest BCUT2D eigenvalue weighted by molar-refractivity contribution is 5.80. The van der Waals surface area contributed by atoms with E-state index in [1.54, 1.807) is 11.8 Å². The Balaban J connectivity index is 1.47. The topological polar surface area (TPSA) is 68.2 Å². The number of nitrogens with one attached hydrogen (secondary N) is 2. The van der Waals surface area contributed by atoms with E-state index in [0.29, 0.717) is 6.54 Å². The second-order valence-corrected chi connectivity index (χ2v) is 8.26. The van der Waals surface area contributed by atoms with Gasteiger partial charge in [0.2, 0.25) is 5.91 Å². The number of ether oxygens (including phenoxy) is 1. The summed E-state index contributed by atoms with van der Waals surface area (Å²) >= 11 is 0. The second-order valence-electron chi connectivity index (χ2n) is 8.26. The van der Waals surface area contributed by atoms with Crippen molar-refractivity contribution in [2.75, 3.05) is 26.7 Å². The van der Waals surface area contributed by atoms with Crippen molar-refractivity contribution in [1.29, 1.82) is 0 Å². The van der Waals surface area contributed by atoms with Gasteiger partial charge in [-0.2, -0.15) is 5.10 Å². The Morgan fingerprint density at radius 1 is 1.36 bits per heavy atom. The number of hydrogen-bond acceptors (Lipinski definition) is 4. The van der Waals surface area contributed by atoms with Crippen molar-refractivity contribution in [3.05, 3.63) is 47.8 Å². The van der Waals surface area contributed by atoms with Gasteiger partial charge < -0.3 is 15.4 Å². The lowest BCUT2D eigenvalue weighted by Gasteiger charge is -2.31. The summed E-state index contributed by atoms with van der Waals surface area (Å²) in [6, 6.07) is 8.34. The molecule has 150 valence electrons. The second kappa shape index (κ2) is 7.95. The number of aryl methyl sites for hydroxylation is 1. The van der Waals surface area contributed by atoms with Crippen molar-refractivity contribution in [1.82, 2.24) is 20.4 Å². The fraction of sp³-hybridized carbons (Fsp3) is 0.545. The van der Waals surface area contributed by atoms with Gasteiger partial charge in [-0.05, 0) is 36.1 Å². The third-order valence-corrected chi connectivity index (χ3v) is 6.55. The molecule has 1 aliphatic carbocycles. The first-order valence-electron chi connectivity index (χ1n) is 10.2. The number of nitrogens with zero attached hydrogens (tertiary/aromatic N) is 2. The van der Waals surface area contributed by atoms with Gasteiger partial charge in [0, 0.05) is 44.2 Å². The van der Waals surface area contributed by atoms with E-state index >= 15 is 0 Å². The number of methoxy groups -OCH3 is 1. The molecule has 0 radical (unpaired) electrons. The molecule has 0 bridgehead atoms. The standard InChI is InChI=1S/C22H30N4O2/c1-26-14-16(11-25-26)19-12-23-13-20(19)21(27)24-15-22(8-3-4-9-22)17-6-5-7-18(10-17)28-2/h5-7,10-11,14,19-20,23H,3-4,8-9,12-13,15H2,1-2H3,(H,24,27)/t19-,20+/m1/s1. The Morgan fingerprint density at radius 3 is 2.89 bits per heavy atom. The summed E-state index contributed by atoms with van der Waals surface area (Å²) in [5, 5.41) is 11.0. The molecule has 6 heteroatoms. The lowest BCUT2D eigenvalue weighted by molar-refractivity contribution is -0.125. The molecule has 1 saturated heterocycles. The molecule has 1 aromatic heterocycles. The Hall–Kier alpha value is -2.34. The van der Waals surface area contributed by atoms with Crippen LogP contribution in [-0.2, 0) is 17.3 Å². The van der Waals surface area contributed by atoms with Crippen LogP contribution < -0.4 is 15.4 Å². The zero-order chi connectivity index (χ0) is 19.6. The van der Waals surface area contributed by atoms with Crippen molar-refractivity contribution in [3.63, 3.8) is 0 Å². The maximum Gasteiger partial charge on any atom is 0.225 e. The normalized spacial score (nSPS) is 23.6. The van der Waals surface area contributed by atoms with Crippen molar-refractivity contribution in [3.8, 4) is 5.75 Å². The van der Waals surface area contributed by atoms with Crippen molar-refractivity contribution in [2.24, 2.45) is 13.0 Å². The number of hydrogen-bond donors (Lipinski definition) is 2. The monoisotopic (exact) mass is 382 g/mol. The smallest absolute Gasteiger partial charge is 0.225 e. The molecule has 0 spiro atoms. The predicted molar refractivity (Wildman–Crippen MR) is 108 cm³/mol. The minimum absolute atomic E-state index is 0.0139. The molecular weight excluding hydrogens is 352 g/mol. The van der Waals surface area contributed by atoms with E-state index in [0.717, 1.165) is 37.2 Å². The van der Waals surface area contributed by atoms with Gasteiger partial charge in [-0.1, -0.05) is 25.0 Å². The van der Waals surface area contributed by atoms with E-state index in [2.05, 4.69) is 33.9 Å². The summed E-state index contributed by atoms with van der Waals surface area (Å²) in [4.78, 5) is 13.1. The molecule has 2 fully saturated rings. The van der Waals surface area contributed by atoms with Crippen molar-refractivity contribution in [2.45, 2.75) is 37.0 Å². The highest BCUT2D eigenvalue weighted by Crippen LogP contribution is 2.41. The summed E-state index contributed by atoms with van der Waals surface area (Å²) in [6.45, 7) is 2.23. The van der Waals surface area contributed by atoms with Crippen LogP contribution >= 0.6 is 0 Å². The van der Waals surface area contributed by atoms with Crippen LogP contribution in [0.25, 0.3) is 0 Å². The highest BCUT2D eigenvalue weighted by Gasteiger charge is 2.39. The zero-order valence-corrected chi connectivity index (χ0v) is 16.8. The third kappa shape index (κ3) is 3.65. The average molecular weight is 383 g/mol. The quantitative estimate of drug-likeness (QED) is 0.805. The molecule has 1 aromatic carbocycles. The summed E-state index contributed by atoms with van der Waals surface area (Å²) in [5.74, 6) is 1.16. The van der Waals surface area contributed by atoms with Gasteiger partial charge in [0.05, 0.1) is 19.2 Å². The van der Waals surface area contributed by atoms with E-state index in [1.807, 2.05) is 25.5 Å². The van der Waals surface area contributed by atoms with Gasteiger partial charge in [-0.3, -0.25) is 9.48 Å². The molecule has 1 aliphatic heterocycles. The molecule has 1 amide bonds. The summed E-state index contributed by atoms with van der Waals surface area (Å²) in [5.41, 5.74) is 2.43. The molecule has 28 heavy (non-hydrogen) atoms. The Kier molecular flexibility index (Phi) is 5.40. The summed E-state index contributed by atoms with van der Waals surface area (Å²) in [6.07, 6.45) is 8.52.